The van der Waals surface area contributed by atoms with Crippen molar-refractivity contribution < 1.29 is 24.2 Å². The molecule has 17 heavy (non-hydrogen) atoms. The first-order valence-corrected chi connectivity index (χ1v) is 5.73. The van der Waals surface area contributed by atoms with Crippen LogP contribution in [-0.2, 0) is 19.1 Å². The molecule has 0 bridgehead atoms. The van der Waals surface area contributed by atoms with Crippen LogP contribution >= 0.6 is 0 Å². The molecule has 0 spiro atoms. The number of hydrogen-bond acceptors (Lipinski definition) is 5. The molecule has 5 heteroatoms. The van der Waals surface area contributed by atoms with E-state index in [9.17, 15) is 14.7 Å². The zero-order valence-electron chi connectivity index (χ0n) is 10.7. The number of ether oxygens (including phenoxy) is 2. The van der Waals surface area contributed by atoms with Gasteiger partial charge >= 0.3 is 11.9 Å². The summed E-state index contributed by atoms with van der Waals surface area (Å²) in [5.41, 5.74) is -0.592. The second kappa shape index (κ2) is 5.04. The fraction of sp³-hybridized carbons (Fsp3) is 0.833. The number of rotatable bonds is 2. The van der Waals surface area contributed by atoms with Crippen molar-refractivity contribution in [2.75, 3.05) is 7.11 Å². The molecule has 0 aromatic rings. The molecule has 1 N–H and O–H groups in total. The highest BCUT2D eigenvalue weighted by atomic mass is 16.6. The van der Waals surface area contributed by atoms with E-state index >= 15 is 0 Å². The third-order valence-electron chi connectivity index (χ3n) is 2.75. The average Bonchev–Trinajstić information content (AvgIpc) is 2.56. The Morgan fingerprint density at radius 2 is 1.59 bits per heavy atom. The topological polar surface area (TPSA) is 72.8 Å². The van der Waals surface area contributed by atoms with Crippen LogP contribution in [0, 0.1) is 11.8 Å². The van der Waals surface area contributed by atoms with Crippen molar-refractivity contribution in [3.63, 3.8) is 0 Å². The minimum atomic E-state index is -0.642. The molecule has 0 saturated heterocycles. The second-order valence-electron chi connectivity index (χ2n) is 5.39. The van der Waals surface area contributed by atoms with E-state index < -0.39 is 35.5 Å². The normalized spacial score (nSPS) is 28.9. The summed E-state index contributed by atoms with van der Waals surface area (Å²) in [7, 11) is 1.28. The summed E-state index contributed by atoms with van der Waals surface area (Å²) in [6.45, 7) is 5.30. The Morgan fingerprint density at radius 1 is 1.12 bits per heavy atom. The fourth-order valence-electron chi connectivity index (χ4n) is 2.06. The zero-order chi connectivity index (χ0) is 13.2. The summed E-state index contributed by atoms with van der Waals surface area (Å²) in [4.78, 5) is 23.4. The highest BCUT2D eigenvalue weighted by Gasteiger charge is 2.44. The smallest absolute Gasteiger partial charge is 0.310 e. The van der Waals surface area contributed by atoms with Gasteiger partial charge in [0.05, 0.1) is 25.0 Å². The van der Waals surface area contributed by atoms with Crippen molar-refractivity contribution in [2.45, 2.75) is 45.3 Å². The van der Waals surface area contributed by atoms with Crippen LogP contribution in [0.3, 0.4) is 0 Å². The number of carbonyl (C=O) groups excluding carboxylic acids is 2. The Hall–Kier alpha value is -1.10. The van der Waals surface area contributed by atoms with Gasteiger partial charge in [-0.2, -0.15) is 0 Å². The Kier molecular flexibility index (Phi) is 4.14. The van der Waals surface area contributed by atoms with E-state index in [-0.39, 0.29) is 12.8 Å². The summed E-state index contributed by atoms with van der Waals surface area (Å²) in [5, 5.41) is 9.55. The third kappa shape index (κ3) is 3.70. The van der Waals surface area contributed by atoms with Crippen molar-refractivity contribution in [1.29, 1.82) is 0 Å². The van der Waals surface area contributed by atoms with E-state index in [2.05, 4.69) is 4.74 Å². The van der Waals surface area contributed by atoms with Crippen LogP contribution in [-0.4, -0.2) is 35.9 Å². The molecule has 1 fully saturated rings. The lowest BCUT2D eigenvalue weighted by Gasteiger charge is -2.23. The number of aliphatic hydroxyl groups is 1. The quantitative estimate of drug-likeness (QED) is 0.730. The molecule has 5 nitrogen and oxygen atoms in total. The molecule has 1 aliphatic rings. The van der Waals surface area contributed by atoms with E-state index in [1.54, 1.807) is 20.8 Å². The highest BCUT2D eigenvalue weighted by molar-refractivity contribution is 5.83. The zero-order valence-corrected chi connectivity index (χ0v) is 10.7. The second-order valence-corrected chi connectivity index (χ2v) is 5.39. The van der Waals surface area contributed by atoms with Crippen LogP contribution in [0.15, 0.2) is 0 Å². The van der Waals surface area contributed by atoms with Gasteiger partial charge in [0.25, 0.3) is 0 Å². The Bertz CT molecular complexity index is 305. The highest BCUT2D eigenvalue weighted by Crippen LogP contribution is 2.34. The van der Waals surface area contributed by atoms with Crippen molar-refractivity contribution in [3.05, 3.63) is 0 Å². The minimum absolute atomic E-state index is 0.259. The van der Waals surface area contributed by atoms with Crippen LogP contribution in [0.2, 0.25) is 0 Å². The molecule has 0 aliphatic heterocycles. The van der Waals surface area contributed by atoms with Gasteiger partial charge in [-0.25, -0.2) is 0 Å². The Balaban J connectivity index is 2.73. The average molecular weight is 244 g/mol. The lowest BCUT2D eigenvalue weighted by Crippen LogP contribution is -2.33. The Labute approximate surface area is 101 Å². The Morgan fingerprint density at radius 3 is 2.00 bits per heavy atom. The number of aliphatic hydroxyl groups excluding tert-OH is 1. The lowest BCUT2D eigenvalue weighted by molar-refractivity contribution is -0.166. The van der Waals surface area contributed by atoms with Gasteiger partial charge in [0.1, 0.15) is 5.60 Å². The SMILES string of the molecule is COC(=O)C1CC(O)CC1C(=O)OC(C)(C)C. The molecular formula is C12H20O5. The van der Waals surface area contributed by atoms with E-state index in [0.29, 0.717) is 0 Å². The molecule has 3 atom stereocenters. The number of hydrogen-bond donors (Lipinski definition) is 1. The van der Waals surface area contributed by atoms with Crippen molar-refractivity contribution >= 4 is 11.9 Å². The standard InChI is InChI=1S/C12H20O5/c1-12(2,3)17-11(15)9-6-7(13)5-8(9)10(14)16-4/h7-9,13H,5-6H2,1-4H3. The fourth-order valence-corrected chi connectivity index (χ4v) is 2.06. The minimum Gasteiger partial charge on any atom is -0.469 e. The first kappa shape index (κ1) is 14.0. The third-order valence-corrected chi connectivity index (χ3v) is 2.75. The van der Waals surface area contributed by atoms with Crippen LogP contribution in [0.25, 0.3) is 0 Å². The molecule has 0 aromatic heterocycles. The van der Waals surface area contributed by atoms with Gasteiger partial charge in [-0.15, -0.1) is 0 Å². The molecule has 98 valence electrons. The van der Waals surface area contributed by atoms with Gasteiger partial charge < -0.3 is 14.6 Å². The van der Waals surface area contributed by atoms with Crippen LogP contribution in [0.4, 0.5) is 0 Å². The molecule has 1 saturated carbocycles. The van der Waals surface area contributed by atoms with Gasteiger partial charge in [0, 0.05) is 0 Å². The molecule has 0 aromatic carbocycles. The maximum absolute atomic E-state index is 11.9. The van der Waals surface area contributed by atoms with E-state index in [1.807, 2.05) is 0 Å². The molecule has 0 heterocycles. The number of methoxy groups -OCH3 is 1. The van der Waals surface area contributed by atoms with Gasteiger partial charge in [0.15, 0.2) is 0 Å². The van der Waals surface area contributed by atoms with Crippen LogP contribution in [0.1, 0.15) is 33.6 Å². The summed E-state index contributed by atoms with van der Waals surface area (Å²) in [6.07, 6.45) is -0.123. The van der Waals surface area contributed by atoms with Crippen LogP contribution in [0.5, 0.6) is 0 Å². The summed E-state index contributed by atoms with van der Waals surface area (Å²) in [6, 6.07) is 0. The first-order valence-electron chi connectivity index (χ1n) is 5.73. The summed E-state index contributed by atoms with van der Waals surface area (Å²) < 4.78 is 9.87. The van der Waals surface area contributed by atoms with Crippen LogP contribution < -0.4 is 0 Å². The number of carbonyl (C=O) groups is 2. The molecular weight excluding hydrogens is 224 g/mol. The van der Waals surface area contributed by atoms with Crippen molar-refractivity contribution in [1.82, 2.24) is 0 Å². The van der Waals surface area contributed by atoms with Gasteiger partial charge in [0.2, 0.25) is 0 Å². The largest absolute Gasteiger partial charge is 0.469 e. The van der Waals surface area contributed by atoms with Gasteiger partial charge in [-0.3, -0.25) is 9.59 Å². The van der Waals surface area contributed by atoms with Gasteiger partial charge in [-0.05, 0) is 33.6 Å². The lowest BCUT2D eigenvalue weighted by atomic mass is 9.96. The molecule has 3 unspecified atom stereocenters. The number of esters is 2. The summed E-state index contributed by atoms with van der Waals surface area (Å²) in [5.74, 6) is -2.09. The molecule has 0 radical (unpaired) electrons. The van der Waals surface area contributed by atoms with Crippen molar-refractivity contribution in [3.8, 4) is 0 Å². The first-order chi connectivity index (χ1) is 7.74. The van der Waals surface area contributed by atoms with E-state index in [1.165, 1.54) is 7.11 Å². The predicted molar refractivity (Wildman–Crippen MR) is 60.1 cm³/mol. The monoisotopic (exact) mass is 244 g/mol. The van der Waals surface area contributed by atoms with E-state index in [4.69, 9.17) is 4.74 Å². The molecule has 0 amide bonds. The molecule has 1 aliphatic carbocycles. The molecule has 1 rings (SSSR count). The predicted octanol–water partition coefficient (Wildman–Crippen LogP) is 0.888. The summed E-state index contributed by atoms with van der Waals surface area (Å²) >= 11 is 0. The van der Waals surface area contributed by atoms with Gasteiger partial charge in [-0.1, -0.05) is 0 Å². The maximum Gasteiger partial charge on any atom is 0.310 e. The maximum atomic E-state index is 11.9. The van der Waals surface area contributed by atoms with E-state index in [0.717, 1.165) is 0 Å². The van der Waals surface area contributed by atoms with Crippen molar-refractivity contribution in [2.24, 2.45) is 11.8 Å².